The van der Waals surface area contributed by atoms with Gasteiger partial charge in [-0.25, -0.2) is 4.74 Å². The number of alkyl halides is 3. The molecule has 1 saturated carbocycles. The zero-order valence-corrected chi connectivity index (χ0v) is 9.83. The molecule has 1 aromatic rings. The number of hydrogen-bond donors (Lipinski definition) is 0. The third-order valence-electron chi connectivity index (χ3n) is 3.22. The Kier molecular flexibility index (Phi) is 2.51. The average Bonchev–Trinajstić information content (AvgIpc) is 3.13. The molecular formula is C13H10F3NO2. The van der Waals surface area contributed by atoms with Crippen molar-refractivity contribution < 1.29 is 22.6 Å². The highest BCUT2D eigenvalue weighted by Crippen LogP contribution is 2.53. The van der Waals surface area contributed by atoms with E-state index < -0.39 is 23.6 Å². The number of benzene rings is 1. The Labute approximate surface area is 107 Å². The molecule has 6 heteroatoms. The molecule has 0 bridgehead atoms. The van der Waals surface area contributed by atoms with Crippen LogP contribution in [-0.4, -0.2) is 6.04 Å². The van der Waals surface area contributed by atoms with E-state index in [-0.39, 0.29) is 12.2 Å². The van der Waals surface area contributed by atoms with E-state index in [9.17, 15) is 13.2 Å². The molecule has 1 aliphatic heterocycles. The summed E-state index contributed by atoms with van der Waals surface area (Å²) in [5, 5.41) is 8.56. The standard InChI is InChI=1S/C13H10F3NO2/c14-12(15)10-7-8(5-6-17)1-4-11(10)18-13(16,19-12)9-2-3-9/h1,4,7,9H,2-3,5H2. The first kappa shape index (κ1) is 12.3. The van der Waals surface area contributed by atoms with Crippen LogP contribution in [0.25, 0.3) is 0 Å². The quantitative estimate of drug-likeness (QED) is 0.827. The molecule has 0 spiro atoms. The van der Waals surface area contributed by atoms with Crippen molar-refractivity contribution in [2.75, 3.05) is 0 Å². The number of nitrogens with zero attached hydrogens (tertiary/aromatic N) is 1. The van der Waals surface area contributed by atoms with Crippen molar-refractivity contribution in [3.8, 4) is 11.8 Å². The minimum Gasteiger partial charge on any atom is -0.435 e. The molecule has 2 aliphatic rings. The molecule has 19 heavy (non-hydrogen) atoms. The van der Waals surface area contributed by atoms with Crippen LogP contribution < -0.4 is 4.74 Å². The van der Waals surface area contributed by atoms with Crippen molar-refractivity contribution in [2.24, 2.45) is 5.92 Å². The lowest BCUT2D eigenvalue weighted by Gasteiger charge is -2.36. The third-order valence-corrected chi connectivity index (χ3v) is 3.22. The lowest BCUT2D eigenvalue weighted by molar-refractivity contribution is -0.420. The molecule has 0 radical (unpaired) electrons. The Morgan fingerprint density at radius 1 is 1.32 bits per heavy atom. The summed E-state index contributed by atoms with van der Waals surface area (Å²) in [5.41, 5.74) is -0.125. The number of nitriles is 1. The molecule has 3 rings (SSSR count). The van der Waals surface area contributed by atoms with Gasteiger partial charge in [-0.05, 0) is 30.5 Å². The van der Waals surface area contributed by atoms with E-state index in [1.165, 1.54) is 12.1 Å². The summed E-state index contributed by atoms with van der Waals surface area (Å²) in [5.74, 6) is -0.877. The van der Waals surface area contributed by atoms with Crippen molar-refractivity contribution in [1.29, 1.82) is 5.26 Å². The zero-order valence-electron chi connectivity index (χ0n) is 9.83. The molecular weight excluding hydrogens is 259 g/mol. The first-order valence-corrected chi connectivity index (χ1v) is 5.91. The monoisotopic (exact) mass is 269 g/mol. The molecule has 0 aromatic heterocycles. The molecule has 1 fully saturated rings. The van der Waals surface area contributed by atoms with Gasteiger partial charge < -0.3 is 4.74 Å². The minimum atomic E-state index is -3.75. The van der Waals surface area contributed by atoms with Gasteiger partial charge in [-0.3, -0.25) is 0 Å². The third kappa shape index (κ3) is 2.04. The van der Waals surface area contributed by atoms with Crippen LogP contribution in [-0.2, 0) is 17.3 Å². The maximum absolute atomic E-state index is 14.2. The average molecular weight is 269 g/mol. The van der Waals surface area contributed by atoms with Crippen molar-refractivity contribution in [1.82, 2.24) is 0 Å². The summed E-state index contributed by atoms with van der Waals surface area (Å²) >= 11 is 0. The van der Waals surface area contributed by atoms with Crippen molar-refractivity contribution >= 4 is 0 Å². The first-order chi connectivity index (χ1) is 8.94. The maximum Gasteiger partial charge on any atom is 0.391 e. The van der Waals surface area contributed by atoms with E-state index >= 15 is 0 Å². The fourth-order valence-electron chi connectivity index (χ4n) is 2.09. The van der Waals surface area contributed by atoms with Crippen LogP contribution in [0.3, 0.4) is 0 Å². The van der Waals surface area contributed by atoms with Crippen LogP contribution in [0, 0.1) is 17.2 Å². The second-order valence-corrected chi connectivity index (χ2v) is 4.74. The van der Waals surface area contributed by atoms with Gasteiger partial charge in [-0.2, -0.15) is 18.4 Å². The van der Waals surface area contributed by atoms with E-state index in [0.717, 1.165) is 6.07 Å². The van der Waals surface area contributed by atoms with Gasteiger partial charge in [-0.15, -0.1) is 0 Å². The minimum absolute atomic E-state index is 0.00719. The molecule has 1 aliphatic carbocycles. The van der Waals surface area contributed by atoms with Gasteiger partial charge in [0.2, 0.25) is 0 Å². The van der Waals surface area contributed by atoms with E-state index in [1.54, 1.807) is 0 Å². The van der Waals surface area contributed by atoms with Gasteiger partial charge in [0.1, 0.15) is 5.75 Å². The summed E-state index contributed by atoms with van der Waals surface area (Å²) in [6, 6.07) is 2.95. The highest BCUT2D eigenvalue weighted by atomic mass is 19.3. The maximum atomic E-state index is 14.2. The number of hydrogen-bond acceptors (Lipinski definition) is 3. The number of halogens is 3. The van der Waals surface area contributed by atoms with Gasteiger partial charge in [-0.1, -0.05) is 6.07 Å². The summed E-state index contributed by atoms with van der Waals surface area (Å²) < 4.78 is 51.2. The van der Waals surface area contributed by atoms with E-state index in [0.29, 0.717) is 18.4 Å². The Morgan fingerprint density at radius 3 is 2.68 bits per heavy atom. The second-order valence-electron chi connectivity index (χ2n) is 4.74. The number of ether oxygens (including phenoxy) is 2. The molecule has 3 nitrogen and oxygen atoms in total. The molecule has 1 aromatic carbocycles. The van der Waals surface area contributed by atoms with Crippen molar-refractivity contribution in [2.45, 2.75) is 31.4 Å². The number of fused-ring (bicyclic) bond motifs is 1. The largest absolute Gasteiger partial charge is 0.435 e. The molecule has 1 unspecified atom stereocenters. The summed E-state index contributed by atoms with van der Waals surface area (Å²) in [7, 11) is 0. The van der Waals surface area contributed by atoms with Gasteiger partial charge in [0, 0.05) is 0 Å². The van der Waals surface area contributed by atoms with Crippen LogP contribution >= 0.6 is 0 Å². The summed E-state index contributed by atoms with van der Waals surface area (Å²) in [6.07, 6.45) is -2.83. The Balaban J connectivity index is 2.01. The van der Waals surface area contributed by atoms with Gasteiger partial charge >= 0.3 is 12.1 Å². The highest BCUT2D eigenvalue weighted by molar-refractivity contribution is 5.41. The van der Waals surface area contributed by atoms with Crippen LogP contribution in [0.4, 0.5) is 13.2 Å². The predicted molar refractivity (Wildman–Crippen MR) is 57.9 cm³/mol. The normalized spacial score (nSPS) is 28.1. The Bertz CT molecular complexity index is 565. The van der Waals surface area contributed by atoms with Gasteiger partial charge in [0.05, 0.1) is 24.0 Å². The lowest BCUT2D eigenvalue weighted by Crippen LogP contribution is -2.46. The molecule has 1 atom stereocenters. The fourth-order valence-corrected chi connectivity index (χ4v) is 2.09. The smallest absolute Gasteiger partial charge is 0.391 e. The molecule has 0 saturated heterocycles. The second kappa shape index (κ2) is 3.87. The fraction of sp³-hybridized carbons (Fsp3) is 0.462. The van der Waals surface area contributed by atoms with Gasteiger partial charge in [0.15, 0.2) is 0 Å². The molecule has 0 N–H and O–H groups in total. The molecule has 1 heterocycles. The number of rotatable bonds is 2. The Morgan fingerprint density at radius 2 is 2.05 bits per heavy atom. The SMILES string of the molecule is N#CCc1ccc2c(c1)C(F)(F)OC(F)(C1CC1)O2. The predicted octanol–water partition coefficient (Wildman–Crippen LogP) is 3.24. The van der Waals surface area contributed by atoms with Crippen LogP contribution in [0.15, 0.2) is 18.2 Å². The van der Waals surface area contributed by atoms with E-state index in [2.05, 4.69) is 4.74 Å². The van der Waals surface area contributed by atoms with Gasteiger partial charge in [0.25, 0.3) is 0 Å². The van der Waals surface area contributed by atoms with E-state index in [1.807, 2.05) is 6.07 Å². The summed E-state index contributed by atoms with van der Waals surface area (Å²) in [6.45, 7) is 0. The first-order valence-electron chi connectivity index (χ1n) is 5.91. The molecule has 0 amide bonds. The summed E-state index contributed by atoms with van der Waals surface area (Å²) in [4.78, 5) is 0. The van der Waals surface area contributed by atoms with Crippen LogP contribution in [0.5, 0.6) is 5.75 Å². The van der Waals surface area contributed by atoms with Crippen LogP contribution in [0.1, 0.15) is 24.0 Å². The zero-order chi connectivity index (χ0) is 13.7. The lowest BCUT2D eigenvalue weighted by atomic mass is 10.1. The van der Waals surface area contributed by atoms with Crippen LogP contribution in [0.2, 0.25) is 0 Å². The van der Waals surface area contributed by atoms with Crippen molar-refractivity contribution in [3.05, 3.63) is 29.3 Å². The topological polar surface area (TPSA) is 42.2 Å². The van der Waals surface area contributed by atoms with E-state index in [4.69, 9.17) is 10.00 Å². The molecule has 100 valence electrons. The highest BCUT2D eigenvalue weighted by Gasteiger charge is 2.60. The Hall–Kier alpha value is -1.74. The van der Waals surface area contributed by atoms with Crippen molar-refractivity contribution in [3.63, 3.8) is 0 Å².